The fourth-order valence-electron chi connectivity index (χ4n) is 2.01. The third-order valence-electron chi connectivity index (χ3n) is 2.86. The minimum absolute atomic E-state index is 0.0717. The van der Waals surface area contributed by atoms with Crippen LogP contribution in [0.25, 0.3) is 0 Å². The van der Waals surface area contributed by atoms with Crippen molar-refractivity contribution in [3.05, 3.63) is 18.1 Å². The first-order valence-electron chi connectivity index (χ1n) is 5.51. The van der Waals surface area contributed by atoms with Gasteiger partial charge in [-0.05, 0) is 19.8 Å². The van der Waals surface area contributed by atoms with E-state index in [1.807, 2.05) is 4.90 Å². The van der Waals surface area contributed by atoms with Gasteiger partial charge < -0.3 is 15.1 Å². The van der Waals surface area contributed by atoms with Crippen molar-refractivity contribution in [3.8, 4) is 0 Å². The molecule has 92 valence electrons. The van der Waals surface area contributed by atoms with Gasteiger partial charge >= 0.3 is 5.97 Å². The number of piperidine rings is 1. The molecule has 6 nitrogen and oxygen atoms in total. The van der Waals surface area contributed by atoms with Crippen molar-refractivity contribution >= 4 is 11.8 Å². The number of carboxylic acids is 1. The van der Waals surface area contributed by atoms with Gasteiger partial charge in [-0.25, -0.2) is 14.8 Å². The van der Waals surface area contributed by atoms with E-state index in [1.165, 1.54) is 12.4 Å². The lowest BCUT2D eigenvalue weighted by molar-refractivity contribution is 0.0446. The van der Waals surface area contributed by atoms with Crippen LogP contribution in [0.4, 0.5) is 5.82 Å². The van der Waals surface area contributed by atoms with Gasteiger partial charge in [0.15, 0.2) is 5.69 Å². The van der Waals surface area contributed by atoms with Crippen LogP contribution in [0.3, 0.4) is 0 Å². The molecule has 0 aromatic carbocycles. The summed E-state index contributed by atoms with van der Waals surface area (Å²) in [6.45, 7) is 3.09. The molecule has 0 saturated carbocycles. The highest BCUT2D eigenvalue weighted by atomic mass is 16.4. The van der Waals surface area contributed by atoms with Crippen LogP contribution in [0.15, 0.2) is 12.4 Å². The van der Waals surface area contributed by atoms with Crippen molar-refractivity contribution in [3.63, 3.8) is 0 Å². The Morgan fingerprint density at radius 2 is 2.24 bits per heavy atom. The molecule has 2 heterocycles. The zero-order chi connectivity index (χ0) is 12.5. The summed E-state index contributed by atoms with van der Waals surface area (Å²) in [4.78, 5) is 20.4. The van der Waals surface area contributed by atoms with Crippen molar-refractivity contribution in [2.24, 2.45) is 0 Å². The van der Waals surface area contributed by atoms with E-state index in [2.05, 4.69) is 9.97 Å². The maximum Gasteiger partial charge on any atom is 0.356 e. The number of hydrogen-bond donors (Lipinski definition) is 2. The van der Waals surface area contributed by atoms with Crippen molar-refractivity contribution in [2.75, 3.05) is 18.0 Å². The van der Waals surface area contributed by atoms with Crippen LogP contribution in [-0.2, 0) is 0 Å². The van der Waals surface area contributed by atoms with E-state index in [0.29, 0.717) is 12.4 Å². The Bertz CT molecular complexity index is 416. The van der Waals surface area contributed by atoms with Crippen LogP contribution in [0, 0.1) is 0 Å². The van der Waals surface area contributed by atoms with Gasteiger partial charge in [0.25, 0.3) is 0 Å². The van der Waals surface area contributed by atoms with Crippen LogP contribution in [0.5, 0.6) is 0 Å². The fraction of sp³-hybridized carbons (Fsp3) is 0.545. The molecule has 1 aliphatic heterocycles. The van der Waals surface area contributed by atoms with Gasteiger partial charge in [0.05, 0.1) is 18.0 Å². The molecule has 1 saturated heterocycles. The summed E-state index contributed by atoms with van der Waals surface area (Å²) in [5, 5.41) is 18.7. The quantitative estimate of drug-likeness (QED) is 0.780. The number of aromatic carboxylic acids is 1. The van der Waals surface area contributed by atoms with Crippen LogP contribution in [0.2, 0.25) is 0 Å². The second kappa shape index (κ2) is 4.29. The molecule has 1 aromatic heterocycles. The van der Waals surface area contributed by atoms with Crippen LogP contribution in [0.1, 0.15) is 30.3 Å². The molecule has 0 radical (unpaired) electrons. The summed E-state index contributed by atoms with van der Waals surface area (Å²) in [5.74, 6) is -0.482. The molecular formula is C11H15N3O3. The third-order valence-corrected chi connectivity index (χ3v) is 2.86. The average Bonchev–Trinajstić information content (AvgIpc) is 2.28. The minimum Gasteiger partial charge on any atom is -0.476 e. The smallest absolute Gasteiger partial charge is 0.356 e. The molecule has 2 rings (SSSR count). The van der Waals surface area contributed by atoms with E-state index < -0.39 is 11.6 Å². The Hall–Kier alpha value is -1.69. The van der Waals surface area contributed by atoms with Gasteiger partial charge in [0.2, 0.25) is 0 Å². The molecular weight excluding hydrogens is 222 g/mol. The maximum atomic E-state index is 10.6. The molecule has 0 spiro atoms. The molecule has 1 atom stereocenters. The number of aromatic nitrogens is 2. The number of nitrogens with zero attached hydrogens (tertiary/aromatic N) is 3. The van der Waals surface area contributed by atoms with Crippen molar-refractivity contribution in [1.29, 1.82) is 0 Å². The Kier molecular flexibility index (Phi) is 2.97. The number of hydrogen-bond acceptors (Lipinski definition) is 5. The van der Waals surface area contributed by atoms with Gasteiger partial charge in [-0.3, -0.25) is 0 Å². The van der Waals surface area contributed by atoms with Crippen molar-refractivity contribution in [1.82, 2.24) is 9.97 Å². The topological polar surface area (TPSA) is 86.5 Å². The SMILES string of the molecule is CC1(O)CCCN(c2cnc(C(=O)O)cn2)C1. The number of β-amino-alcohol motifs (C(OH)–C–C–N with tert-alkyl or cyclic N) is 1. The Labute approximate surface area is 98.9 Å². The zero-order valence-electron chi connectivity index (χ0n) is 9.63. The van der Waals surface area contributed by atoms with Gasteiger partial charge in [-0.2, -0.15) is 0 Å². The summed E-state index contributed by atoms with van der Waals surface area (Å²) in [5.41, 5.74) is -0.789. The summed E-state index contributed by atoms with van der Waals surface area (Å²) < 4.78 is 0. The molecule has 0 aliphatic carbocycles. The average molecular weight is 237 g/mol. The lowest BCUT2D eigenvalue weighted by Gasteiger charge is -2.37. The second-order valence-corrected chi connectivity index (χ2v) is 4.59. The summed E-state index contributed by atoms with van der Waals surface area (Å²) in [6, 6.07) is 0. The predicted octanol–water partition coefficient (Wildman–Crippen LogP) is 0.526. The predicted molar refractivity (Wildman–Crippen MR) is 61.1 cm³/mol. The molecule has 6 heteroatoms. The number of rotatable bonds is 2. The van der Waals surface area contributed by atoms with E-state index in [1.54, 1.807) is 6.92 Å². The second-order valence-electron chi connectivity index (χ2n) is 4.59. The van der Waals surface area contributed by atoms with Gasteiger partial charge in [0, 0.05) is 13.1 Å². The number of carbonyl (C=O) groups is 1. The highest BCUT2D eigenvalue weighted by molar-refractivity contribution is 5.84. The third kappa shape index (κ3) is 2.71. The first kappa shape index (κ1) is 11.8. The molecule has 1 fully saturated rings. The molecule has 17 heavy (non-hydrogen) atoms. The van der Waals surface area contributed by atoms with E-state index in [-0.39, 0.29) is 5.69 Å². The number of carboxylic acid groups (broad SMARTS) is 1. The Morgan fingerprint density at radius 1 is 1.47 bits per heavy atom. The molecule has 1 aromatic rings. The Morgan fingerprint density at radius 3 is 2.76 bits per heavy atom. The van der Waals surface area contributed by atoms with Gasteiger partial charge in [-0.1, -0.05) is 0 Å². The zero-order valence-corrected chi connectivity index (χ0v) is 9.63. The summed E-state index contributed by atoms with van der Waals surface area (Å²) in [6.07, 6.45) is 4.32. The number of anilines is 1. The highest BCUT2D eigenvalue weighted by Gasteiger charge is 2.29. The monoisotopic (exact) mass is 237 g/mol. The molecule has 1 aliphatic rings. The molecule has 2 N–H and O–H groups in total. The summed E-state index contributed by atoms with van der Waals surface area (Å²) >= 11 is 0. The molecule has 0 bridgehead atoms. The van der Waals surface area contributed by atoms with Crippen molar-refractivity contribution in [2.45, 2.75) is 25.4 Å². The standard InChI is InChI=1S/C11H15N3O3/c1-11(17)3-2-4-14(7-11)9-6-12-8(5-13-9)10(15)16/h5-6,17H,2-4,7H2,1H3,(H,15,16). The van der Waals surface area contributed by atoms with E-state index >= 15 is 0 Å². The van der Waals surface area contributed by atoms with Crippen LogP contribution in [-0.4, -0.2) is 44.8 Å². The molecule has 0 amide bonds. The van der Waals surface area contributed by atoms with Crippen molar-refractivity contribution < 1.29 is 15.0 Å². The van der Waals surface area contributed by atoms with Gasteiger partial charge in [-0.15, -0.1) is 0 Å². The van der Waals surface area contributed by atoms with E-state index in [0.717, 1.165) is 19.4 Å². The largest absolute Gasteiger partial charge is 0.476 e. The summed E-state index contributed by atoms with van der Waals surface area (Å²) in [7, 11) is 0. The fourth-order valence-corrected chi connectivity index (χ4v) is 2.01. The first-order valence-corrected chi connectivity index (χ1v) is 5.51. The normalized spacial score (nSPS) is 24.7. The molecule has 1 unspecified atom stereocenters. The van der Waals surface area contributed by atoms with Crippen LogP contribution >= 0.6 is 0 Å². The van der Waals surface area contributed by atoms with E-state index in [9.17, 15) is 9.90 Å². The van der Waals surface area contributed by atoms with E-state index in [4.69, 9.17) is 5.11 Å². The minimum atomic E-state index is -1.09. The van der Waals surface area contributed by atoms with Gasteiger partial charge in [0.1, 0.15) is 5.82 Å². The first-order chi connectivity index (χ1) is 7.98. The number of aliphatic hydroxyl groups is 1. The lowest BCUT2D eigenvalue weighted by atomic mass is 9.95. The van der Waals surface area contributed by atoms with Crippen LogP contribution < -0.4 is 4.90 Å². The highest BCUT2D eigenvalue weighted by Crippen LogP contribution is 2.23. The lowest BCUT2D eigenvalue weighted by Crippen LogP contribution is -2.46. The Balaban J connectivity index is 2.14. The maximum absolute atomic E-state index is 10.6.